The molecule has 1 amide bonds. The van der Waals surface area contributed by atoms with E-state index in [1.807, 2.05) is 42.5 Å². The van der Waals surface area contributed by atoms with Crippen LogP contribution in [0.3, 0.4) is 0 Å². The number of benzene rings is 3. The van der Waals surface area contributed by atoms with E-state index in [-0.39, 0.29) is 11.9 Å². The van der Waals surface area contributed by atoms with Crippen LogP contribution in [0.1, 0.15) is 15.9 Å². The monoisotopic (exact) mass is 489 g/mol. The highest BCUT2D eigenvalue weighted by Crippen LogP contribution is 2.24. The number of amides is 1. The number of aromatic nitrogens is 2. The van der Waals surface area contributed by atoms with Gasteiger partial charge in [0, 0.05) is 34.5 Å². The maximum atomic E-state index is 12.6. The molecular formula is C25H20BrN3O3. The van der Waals surface area contributed by atoms with Gasteiger partial charge < -0.3 is 14.8 Å². The van der Waals surface area contributed by atoms with Crippen LogP contribution < -0.4 is 14.8 Å². The molecule has 6 nitrogen and oxygen atoms in total. The molecule has 0 aliphatic carbocycles. The molecule has 4 aromatic rings. The summed E-state index contributed by atoms with van der Waals surface area (Å²) >= 11 is 3.41. The maximum absolute atomic E-state index is 12.6. The third-order valence-corrected chi connectivity index (χ3v) is 5.25. The van der Waals surface area contributed by atoms with E-state index in [9.17, 15) is 4.79 Å². The van der Waals surface area contributed by atoms with Gasteiger partial charge >= 0.3 is 6.01 Å². The quantitative estimate of drug-likeness (QED) is 0.363. The zero-order valence-electron chi connectivity index (χ0n) is 17.3. The van der Waals surface area contributed by atoms with Crippen molar-refractivity contribution in [1.82, 2.24) is 15.3 Å². The minimum Gasteiger partial charge on any atom is -0.497 e. The van der Waals surface area contributed by atoms with Gasteiger partial charge in [0.05, 0.1) is 7.11 Å². The number of rotatable bonds is 7. The number of halogens is 1. The molecular weight excluding hydrogens is 470 g/mol. The molecule has 0 spiro atoms. The largest absolute Gasteiger partial charge is 0.497 e. The van der Waals surface area contributed by atoms with Gasteiger partial charge in [0.25, 0.3) is 5.91 Å². The lowest BCUT2D eigenvalue weighted by Gasteiger charge is -2.08. The van der Waals surface area contributed by atoms with E-state index in [4.69, 9.17) is 9.47 Å². The molecule has 1 heterocycles. The Morgan fingerprint density at radius 3 is 2.28 bits per heavy atom. The summed E-state index contributed by atoms with van der Waals surface area (Å²) in [5.74, 6) is 1.22. The first-order chi connectivity index (χ1) is 15.6. The number of methoxy groups -OCH3 is 1. The summed E-state index contributed by atoms with van der Waals surface area (Å²) in [7, 11) is 1.61. The Bertz CT molecular complexity index is 1190. The summed E-state index contributed by atoms with van der Waals surface area (Å²) in [6.45, 7) is 0.455. The van der Waals surface area contributed by atoms with Crippen molar-refractivity contribution >= 4 is 21.8 Å². The van der Waals surface area contributed by atoms with Crippen LogP contribution in [0.5, 0.6) is 17.5 Å². The number of carbonyl (C=O) groups excluding carboxylic acids is 1. The molecule has 32 heavy (non-hydrogen) atoms. The molecule has 0 bridgehead atoms. The molecule has 0 fully saturated rings. The van der Waals surface area contributed by atoms with Gasteiger partial charge in [0.1, 0.15) is 11.5 Å². The molecule has 7 heteroatoms. The summed E-state index contributed by atoms with van der Waals surface area (Å²) in [6.07, 6.45) is 3.34. The highest BCUT2D eigenvalue weighted by Gasteiger charge is 2.09. The summed E-state index contributed by atoms with van der Waals surface area (Å²) in [5, 5.41) is 2.94. The van der Waals surface area contributed by atoms with Crippen molar-refractivity contribution in [2.45, 2.75) is 6.54 Å². The SMILES string of the molecule is COc1ccc(Oc2ncc(-c3cccc(C(=O)NCc4ccc(Br)cc4)c3)cn2)cc1. The molecule has 3 aromatic carbocycles. The fourth-order valence-electron chi connectivity index (χ4n) is 2.99. The van der Waals surface area contributed by atoms with Crippen molar-refractivity contribution in [1.29, 1.82) is 0 Å². The average Bonchev–Trinajstić information content (AvgIpc) is 2.84. The van der Waals surface area contributed by atoms with Gasteiger partial charge in [-0.1, -0.05) is 40.2 Å². The second-order valence-electron chi connectivity index (χ2n) is 6.92. The fraction of sp³-hybridized carbons (Fsp3) is 0.0800. The number of carbonyl (C=O) groups is 1. The molecule has 0 saturated heterocycles. The number of nitrogens with zero attached hydrogens (tertiary/aromatic N) is 2. The first-order valence-electron chi connectivity index (χ1n) is 9.88. The van der Waals surface area contributed by atoms with E-state index in [0.717, 1.165) is 26.9 Å². The normalized spacial score (nSPS) is 10.4. The van der Waals surface area contributed by atoms with E-state index < -0.39 is 0 Å². The van der Waals surface area contributed by atoms with Gasteiger partial charge in [-0.2, -0.15) is 0 Å². The summed E-state index contributed by atoms with van der Waals surface area (Å²) in [4.78, 5) is 21.2. The Kier molecular flexibility index (Phi) is 6.77. The van der Waals surface area contributed by atoms with Crippen molar-refractivity contribution in [3.05, 3.63) is 101 Å². The Hall–Kier alpha value is -3.71. The molecule has 1 aromatic heterocycles. The molecule has 0 unspecified atom stereocenters. The molecule has 0 saturated carbocycles. The summed E-state index contributed by atoms with van der Waals surface area (Å²) in [6, 6.07) is 22.6. The van der Waals surface area contributed by atoms with Crippen LogP contribution in [0, 0.1) is 0 Å². The number of hydrogen-bond acceptors (Lipinski definition) is 5. The molecule has 0 aliphatic rings. The van der Waals surface area contributed by atoms with Crippen molar-refractivity contribution in [3.63, 3.8) is 0 Å². The van der Waals surface area contributed by atoms with Crippen molar-refractivity contribution in [3.8, 4) is 28.6 Å². The first kappa shape index (κ1) is 21.5. The lowest BCUT2D eigenvalue weighted by Crippen LogP contribution is -2.22. The van der Waals surface area contributed by atoms with E-state index in [0.29, 0.717) is 17.9 Å². The second kappa shape index (κ2) is 10.1. The second-order valence-corrected chi connectivity index (χ2v) is 7.84. The smallest absolute Gasteiger partial charge is 0.321 e. The van der Waals surface area contributed by atoms with Gasteiger partial charge in [-0.3, -0.25) is 4.79 Å². The third kappa shape index (κ3) is 5.50. The van der Waals surface area contributed by atoms with Gasteiger partial charge in [0.15, 0.2) is 0 Å². The van der Waals surface area contributed by atoms with E-state index in [1.54, 1.807) is 49.8 Å². The predicted molar refractivity (Wildman–Crippen MR) is 126 cm³/mol. The first-order valence-corrected chi connectivity index (χ1v) is 10.7. The lowest BCUT2D eigenvalue weighted by molar-refractivity contribution is 0.0951. The van der Waals surface area contributed by atoms with Crippen LogP contribution in [-0.2, 0) is 6.54 Å². The standard InChI is InChI=1S/C25H20BrN3O3/c1-31-22-9-11-23(12-10-22)32-25-28-15-20(16-29-25)18-3-2-4-19(13-18)24(30)27-14-17-5-7-21(26)8-6-17/h2-13,15-16H,14H2,1H3,(H,27,30). The van der Waals surface area contributed by atoms with Gasteiger partial charge in [-0.15, -0.1) is 0 Å². The Balaban J connectivity index is 1.41. The highest BCUT2D eigenvalue weighted by atomic mass is 79.9. The fourth-order valence-corrected chi connectivity index (χ4v) is 3.26. The van der Waals surface area contributed by atoms with Crippen molar-refractivity contribution < 1.29 is 14.3 Å². The molecule has 1 N–H and O–H groups in total. The zero-order chi connectivity index (χ0) is 22.3. The van der Waals surface area contributed by atoms with Crippen LogP contribution in [0.2, 0.25) is 0 Å². The number of ether oxygens (including phenoxy) is 2. The Labute approximate surface area is 194 Å². The van der Waals surface area contributed by atoms with Crippen LogP contribution in [0.4, 0.5) is 0 Å². The van der Waals surface area contributed by atoms with Gasteiger partial charge in [0.2, 0.25) is 0 Å². The number of nitrogens with one attached hydrogen (secondary N) is 1. The average molecular weight is 490 g/mol. The van der Waals surface area contributed by atoms with Crippen LogP contribution in [-0.4, -0.2) is 23.0 Å². The highest BCUT2D eigenvalue weighted by molar-refractivity contribution is 9.10. The summed E-state index contributed by atoms with van der Waals surface area (Å²) < 4.78 is 11.8. The predicted octanol–water partition coefficient (Wildman–Crippen LogP) is 5.64. The van der Waals surface area contributed by atoms with E-state index >= 15 is 0 Å². The summed E-state index contributed by atoms with van der Waals surface area (Å²) in [5.41, 5.74) is 3.23. The van der Waals surface area contributed by atoms with Crippen LogP contribution in [0.25, 0.3) is 11.1 Å². The van der Waals surface area contributed by atoms with Crippen LogP contribution >= 0.6 is 15.9 Å². The van der Waals surface area contributed by atoms with Crippen molar-refractivity contribution in [2.24, 2.45) is 0 Å². The van der Waals surface area contributed by atoms with Gasteiger partial charge in [-0.05, 0) is 59.7 Å². The maximum Gasteiger partial charge on any atom is 0.321 e. The Morgan fingerprint density at radius 2 is 1.59 bits per heavy atom. The minimum atomic E-state index is -0.143. The molecule has 0 atom stereocenters. The lowest BCUT2D eigenvalue weighted by atomic mass is 10.1. The molecule has 4 rings (SSSR count). The molecule has 0 radical (unpaired) electrons. The van der Waals surface area contributed by atoms with Crippen molar-refractivity contribution in [2.75, 3.05) is 7.11 Å². The molecule has 0 aliphatic heterocycles. The van der Waals surface area contributed by atoms with E-state index in [2.05, 4.69) is 31.2 Å². The van der Waals surface area contributed by atoms with Crippen LogP contribution in [0.15, 0.2) is 89.7 Å². The molecule has 160 valence electrons. The third-order valence-electron chi connectivity index (χ3n) is 4.72. The van der Waals surface area contributed by atoms with Gasteiger partial charge in [-0.25, -0.2) is 9.97 Å². The minimum absolute atomic E-state index is 0.143. The van der Waals surface area contributed by atoms with E-state index in [1.165, 1.54) is 0 Å². The topological polar surface area (TPSA) is 73.3 Å². The zero-order valence-corrected chi connectivity index (χ0v) is 18.9. The number of hydrogen-bond donors (Lipinski definition) is 1. The Morgan fingerprint density at radius 1 is 0.906 bits per heavy atom.